The highest BCUT2D eigenvalue weighted by atomic mass is 35.5. The molecule has 3 unspecified atom stereocenters. The van der Waals surface area contributed by atoms with E-state index in [0.29, 0.717) is 73.8 Å². The van der Waals surface area contributed by atoms with Gasteiger partial charge in [0.1, 0.15) is 53.3 Å². The molecule has 0 N–H and O–H groups in total. The molecule has 4 aromatic carbocycles. The number of aromatic nitrogens is 6. The molecule has 0 aliphatic carbocycles. The SMILES string of the molecule is C=CC(=O)N1C[C@H](N(C)c2nc(OCC34CCCN3C(/C=C\C(=O)N3C[C@H](N(C)c5nc(OCC67CCCN6CCC7)nc6c(F)c(-c7cccc8cccc(Cl)c78)ncc56)C[C@H]3CC#N)CC4)nc3c(F)c(-c4cccc5cccc(Cl)c45)ncc23)CC1C#N. The van der Waals surface area contributed by atoms with Crippen molar-refractivity contribution in [2.24, 2.45) is 0 Å². The summed E-state index contributed by atoms with van der Waals surface area (Å²) >= 11 is 13.5. The molecule has 6 aliphatic heterocycles. The average molecular weight is 1260 g/mol. The number of carbonyl (C=O) groups excluding carboxylic acids is 2. The molecule has 0 bridgehead atoms. The molecule has 91 heavy (non-hydrogen) atoms. The Kier molecular flexibility index (Phi) is 15.9. The molecule has 10 heterocycles. The van der Waals surface area contributed by atoms with Crippen LogP contribution in [0.2, 0.25) is 10.0 Å². The van der Waals surface area contributed by atoms with Gasteiger partial charge >= 0.3 is 12.0 Å². The zero-order chi connectivity index (χ0) is 62.9. The second-order valence-corrected chi connectivity index (χ2v) is 26.0. The Balaban J connectivity index is 0.724. The van der Waals surface area contributed by atoms with E-state index >= 15 is 8.78 Å². The van der Waals surface area contributed by atoms with Crippen LogP contribution in [0, 0.1) is 34.3 Å². The van der Waals surface area contributed by atoms with E-state index in [1.54, 1.807) is 54.7 Å². The van der Waals surface area contributed by atoms with E-state index in [-0.39, 0.29) is 96.0 Å². The Morgan fingerprint density at radius 3 is 1.79 bits per heavy atom. The third kappa shape index (κ3) is 10.5. The second kappa shape index (κ2) is 24.2. The number of hydrogen-bond donors (Lipinski definition) is 0. The molecule has 6 saturated heterocycles. The van der Waals surface area contributed by atoms with Crippen molar-refractivity contribution in [1.82, 2.24) is 49.5 Å². The molecule has 464 valence electrons. The molecule has 0 radical (unpaired) electrons. The van der Waals surface area contributed by atoms with E-state index in [2.05, 4.69) is 33.5 Å². The van der Waals surface area contributed by atoms with Gasteiger partial charge in [0.2, 0.25) is 11.8 Å². The lowest BCUT2D eigenvalue weighted by atomic mass is 9.95. The first-order valence-electron chi connectivity index (χ1n) is 31.2. The molecule has 6 atom stereocenters. The average Bonchev–Trinajstić information content (AvgIpc) is 1.59. The van der Waals surface area contributed by atoms with Gasteiger partial charge in [-0.05, 0) is 106 Å². The molecule has 14 rings (SSSR count). The number of ether oxygens (including phenoxy) is 2. The van der Waals surface area contributed by atoms with Gasteiger partial charge in [0.05, 0.1) is 46.5 Å². The number of pyridine rings is 2. The number of carbonyl (C=O) groups is 2. The normalized spacial score (nSPS) is 22.9. The summed E-state index contributed by atoms with van der Waals surface area (Å²) in [5.41, 5.74) is 0.608. The van der Waals surface area contributed by atoms with Crippen molar-refractivity contribution >= 4 is 90.0 Å². The first-order valence-corrected chi connectivity index (χ1v) is 31.9. The molecule has 4 aromatic heterocycles. The zero-order valence-electron chi connectivity index (χ0n) is 50.5. The molecule has 8 aromatic rings. The third-order valence-corrected chi connectivity index (χ3v) is 21.0. The molecule has 18 nitrogen and oxygen atoms in total. The second-order valence-electron chi connectivity index (χ2n) is 25.1. The Morgan fingerprint density at radius 2 is 1.23 bits per heavy atom. The zero-order valence-corrected chi connectivity index (χ0v) is 52.1. The standard InChI is InChI=1S/C69H66Cl2F2N14O4/c1-4-54(88)86-38-47(33-45(86)34-75)83(3)65-51-36-77-61(49-17-6-13-42-15-8-19-53(71)57(42)49)59(73)63(51)79-67(81-65)91-40-69-26-11-31-87(69)43(22-27-69)20-21-55(89)85-37-46(32-44(85)23-28-74)82(2)64-50-35-76-60(48-16-5-12-41-14-7-18-52(70)56(41)48)58(72)62(50)78-66(80-64)90-39-68-24-9-29-84(68)30-10-25-68/h4-8,12-21,35-36,43-47H,1,9-11,22-27,29-33,37-40H2,2-3H3/b21-20-/t43?,44-,45?,46-,47-,69?/m1/s1. The fourth-order valence-electron chi connectivity index (χ4n) is 15.6. The number of halogens is 4. The Labute approximate surface area is 535 Å². The Morgan fingerprint density at radius 1 is 0.703 bits per heavy atom. The number of likely N-dealkylation sites (tertiary alicyclic amines) is 2. The number of anilines is 2. The smallest absolute Gasteiger partial charge is 0.319 e. The predicted molar refractivity (Wildman–Crippen MR) is 346 cm³/mol. The van der Waals surface area contributed by atoms with Crippen LogP contribution in [0.5, 0.6) is 12.0 Å². The van der Waals surface area contributed by atoms with E-state index in [9.17, 15) is 20.1 Å². The van der Waals surface area contributed by atoms with Crippen LogP contribution in [0.3, 0.4) is 0 Å². The van der Waals surface area contributed by atoms with Gasteiger partial charge in [-0.25, -0.2) is 8.78 Å². The number of hydrogen-bond acceptors (Lipinski definition) is 16. The first-order chi connectivity index (χ1) is 44.2. The summed E-state index contributed by atoms with van der Waals surface area (Å²) in [7, 11) is 3.67. The molecule has 0 saturated carbocycles. The van der Waals surface area contributed by atoms with Crippen LogP contribution >= 0.6 is 23.2 Å². The fraction of sp³-hybridized carbons (Fsp3) is 0.391. The number of rotatable bonds is 16. The van der Waals surface area contributed by atoms with Crippen molar-refractivity contribution in [3.05, 3.63) is 132 Å². The monoisotopic (exact) mass is 1260 g/mol. The summed E-state index contributed by atoms with van der Waals surface area (Å²) in [6.45, 7) is 7.41. The predicted octanol–water partition coefficient (Wildman–Crippen LogP) is 11.7. The van der Waals surface area contributed by atoms with E-state index in [1.807, 2.05) is 71.5 Å². The summed E-state index contributed by atoms with van der Waals surface area (Å²) in [4.78, 5) is 68.3. The third-order valence-electron chi connectivity index (χ3n) is 20.3. The summed E-state index contributed by atoms with van der Waals surface area (Å²) in [5.74, 6) is -1.20. The number of nitriles is 2. The van der Waals surface area contributed by atoms with Crippen LogP contribution in [-0.4, -0.2) is 163 Å². The van der Waals surface area contributed by atoms with Crippen LogP contribution in [-0.2, 0) is 9.59 Å². The van der Waals surface area contributed by atoms with Crippen LogP contribution in [0.15, 0.2) is 110 Å². The largest absolute Gasteiger partial charge is 0.461 e. The van der Waals surface area contributed by atoms with E-state index in [0.717, 1.165) is 81.8 Å². The number of fused-ring (bicyclic) bond motifs is 6. The van der Waals surface area contributed by atoms with Crippen molar-refractivity contribution < 1.29 is 27.8 Å². The van der Waals surface area contributed by atoms with Gasteiger partial charge in [-0.1, -0.05) is 96.5 Å². The lowest BCUT2D eigenvalue weighted by Gasteiger charge is -2.34. The molecule has 2 amide bonds. The topological polar surface area (TPSA) is 197 Å². The molecular formula is C69H66Cl2F2N14O4. The molecule has 6 fully saturated rings. The highest BCUT2D eigenvalue weighted by molar-refractivity contribution is 6.37. The minimum Gasteiger partial charge on any atom is -0.461 e. The summed E-state index contributed by atoms with van der Waals surface area (Å²) in [6, 6.07) is 24.7. The summed E-state index contributed by atoms with van der Waals surface area (Å²) in [6.07, 6.45) is 16.1. The maximum absolute atomic E-state index is 17.4. The lowest BCUT2D eigenvalue weighted by molar-refractivity contribution is -0.127. The Bertz CT molecular complexity index is 4370. The lowest BCUT2D eigenvalue weighted by Crippen LogP contribution is -2.46. The van der Waals surface area contributed by atoms with Crippen molar-refractivity contribution in [1.29, 1.82) is 10.5 Å². The van der Waals surface area contributed by atoms with Gasteiger partial charge in [-0.15, -0.1) is 0 Å². The first kappa shape index (κ1) is 59.9. The number of benzene rings is 4. The summed E-state index contributed by atoms with van der Waals surface area (Å²) in [5, 5.41) is 24.8. The molecule has 0 spiro atoms. The van der Waals surface area contributed by atoms with Gasteiger partial charge < -0.3 is 29.1 Å². The van der Waals surface area contributed by atoms with Crippen LogP contribution in [0.4, 0.5) is 20.4 Å². The fourth-order valence-corrected chi connectivity index (χ4v) is 16.2. The number of amides is 2. The minimum atomic E-state index is -0.709. The van der Waals surface area contributed by atoms with Crippen LogP contribution in [0.1, 0.15) is 70.6 Å². The van der Waals surface area contributed by atoms with Crippen molar-refractivity contribution in [3.8, 4) is 46.7 Å². The van der Waals surface area contributed by atoms with E-state index in [4.69, 9.17) is 57.6 Å². The maximum atomic E-state index is 17.4. The highest BCUT2D eigenvalue weighted by Crippen LogP contribution is 2.46. The van der Waals surface area contributed by atoms with E-state index < -0.39 is 29.3 Å². The van der Waals surface area contributed by atoms with Gasteiger partial charge in [0.25, 0.3) is 0 Å². The van der Waals surface area contributed by atoms with Gasteiger partial charge in [-0.2, -0.15) is 30.5 Å². The van der Waals surface area contributed by atoms with Crippen molar-refractivity contribution in [3.63, 3.8) is 0 Å². The van der Waals surface area contributed by atoms with E-state index in [1.165, 1.54) is 11.0 Å². The highest BCUT2D eigenvalue weighted by Gasteiger charge is 2.50. The molecule has 22 heteroatoms. The Hall–Kier alpha value is -8.66. The quantitative estimate of drug-likeness (QED) is 0.0827. The van der Waals surface area contributed by atoms with Crippen molar-refractivity contribution in [2.75, 3.05) is 69.8 Å². The number of likely N-dealkylation sites (N-methyl/N-ethyl adjacent to an activating group) is 2. The maximum Gasteiger partial charge on any atom is 0.319 e. The van der Waals surface area contributed by atoms with Crippen LogP contribution < -0.4 is 19.3 Å². The summed E-state index contributed by atoms with van der Waals surface area (Å²) < 4.78 is 48.1. The van der Waals surface area contributed by atoms with Crippen molar-refractivity contribution in [2.45, 2.75) is 112 Å². The van der Waals surface area contributed by atoms with Crippen LogP contribution in [0.25, 0.3) is 65.9 Å². The molecule has 6 aliphatic rings. The van der Waals surface area contributed by atoms with Gasteiger partial charge in [0.15, 0.2) is 11.6 Å². The molecular weight excluding hydrogens is 1200 g/mol. The number of nitrogens with zero attached hydrogens (tertiary/aromatic N) is 14. The minimum absolute atomic E-state index is 0.0199. The van der Waals surface area contributed by atoms with Gasteiger partial charge in [0, 0.05) is 102 Å². The van der Waals surface area contributed by atoms with Gasteiger partial charge in [-0.3, -0.25) is 29.4 Å².